The molecule has 0 aromatic carbocycles. The van der Waals surface area contributed by atoms with Crippen LogP contribution >= 0.6 is 15.9 Å². The molecule has 0 spiro atoms. The largest absolute Gasteiger partial charge is 0.408 e. The van der Waals surface area contributed by atoms with E-state index in [1.54, 1.807) is 19.1 Å². The van der Waals surface area contributed by atoms with Gasteiger partial charge in [-0.25, -0.2) is 0 Å². The van der Waals surface area contributed by atoms with Crippen molar-refractivity contribution >= 4 is 24.2 Å². The van der Waals surface area contributed by atoms with E-state index in [-0.39, 0.29) is 18.1 Å². The van der Waals surface area contributed by atoms with Gasteiger partial charge in [0, 0.05) is 12.0 Å². The normalized spacial score (nSPS) is 26.0. The molecule has 0 amide bonds. The monoisotopic (exact) mass is 454 g/mol. The van der Waals surface area contributed by atoms with Crippen LogP contribution in [0.5, 0.6) is 0 Å². The van der Waals surface area contributed by atoms with E-state index in [4.69, 9.17) is 9.53 Å². The summed E-state index contributed by atoms with van der Waals surface area (Å²) in [4.78, 5) is 0. The fourth-order valence-corrected chi connectivity index (χ4v) is 3.96. The summed E-state index contributed by atoms with van der Waals surface area (Å²) in [7, 11) is -2.24. The summed E-state index contributed by atoms with van der Waals surface area (Å²) in [5, 5.41) is 31.5. The predicted molar refractivity (Wildman–Crippen MR) is 116 cm³/mol. The zero-order valence-electron chi connectivity index (χ0n) is 17.1. The molecule has 0 bridgehead atoms. The Bertz CT molecular complexity index is 712. The lowest BCUT2D eigenvalue weighted by Crippen LogP contribution is -2.54. The molecule has 0 aromatic heterocycles. The van der Waals surface area contributed by atoms with E-state index < -0.39 is 26.1 Å². The highest BCUT2D eigenvalue weighted by molar-refractivity contribution is 9.09. The highest BCUT2D eigenvalue weighted by atomic mass is 79.9. The van der Waals surface area contributed by atoms with Gasteiger partial charge in [-0.3, -0.25) is 0 Å². The summed E-state index contributed by atoms with van der Waals surface area (Å²) in [6.45, 7) is 12.2. The minimum atomic E-state index is -2.24. The summed E-state index contributed by atoms with van der Waals surface area (Å²) in [5.41, 5.74) is -0.375. The number of aliphatic hydroxyl groups excluding tert-OH is 2. The van der Waals surface area contributed by atoms with E-state index in [1.165, 1.54) is 0 Å². The molecular formula is C21H31BrO4Si. The van der Waals surface area contributed by atoms with Crippen molar-refractivity contribution in [1.82, 2.24) is 0 Å². The van der Waals surface area contributed by atoms with Crippen molar-refractivity contribution in [1.29, 1.82) is 0 Å². The molecule has 150 valence electrons. The molecule has 3 atom stereocenters. The Morgan fingerprint density at radius 1 is 1.37 bits per heavy atom. The van der Waals surface area contributed by atoms with E-state index in [0.717, 1.165) is 0 Å². The molecular weight excluding hydrogens is 424 g/mol. The highest BCUT2D eigenvalue weighted by Gasteiger charge is 2.52. The first kappa shape index (κ1) is 24.2. The molecule has 1 unspecified atom stereocenters. The summed E-state index contributed by atoms with van der Waals surface area (Å²) < 4.78 is 6.39. The van der Waals surface area contributed by atoms with Crippen LogP contribution in [0.3, 0.4) is 0 Å². The lowest BCUT2D eigenvalue weighted by atomic mass is 9.89. The summed E-state index contributed by atoms with van der Waals surface area (Å²) in [5.74, 6) is 11.7. The lowest BCUT2D eigenvalue weighted by molar-refractivity contribution is -0.0639. The second kappa shape index (κ2) is 9.56. The Kier molecular flexibility index (Phi) is 8.56. The number of hydrogen-bond acceptors (Lipinski definition) is 4. The van der Waals surface area contributed by atoms with Gasteiger partial charge in [0.25, 0.3) is 0 Å². The fraction of sp³-hybridized carbons (Fsp3) is 0.619. The molecule has 4 nitrogen and oxygen atoms in total. The van der Waals surface area contributed by atoms with Crippen LogP contribution in [-0.4, -0.2) is 53.4 Å². The first-order valence-electron chi connectivity index (χ1n) is 9.01. The first-order valence-corrected chi connectivity index (χ1v) is 13.0. The Morgan fingerprint density at radius 3 is 2.52 bits per heavy atom. The number of rotatable bonds is 4. The second-order valence-electron chi connectivity index (χ2n) is 8.28. The molecule has 0 aromatic rings. The third kappa shape index (κ3) is 6.06. The fourth-order valence-electron chi connectivity index (χ4n) is 2.44. The smallest absolute Gasteiger partial charge is 0.192 e. The van der Waals surface area contributed by atoms with Crippen LogP contribution in [0.15, 0.2) is 23.3 Å². The number of allylic oxidation sites excluding steroid dienone is 1. The first-order chi connectivity index (χ1) is 12.4. The molecule has 27 heavy (non-hydrogen) atoms. The molecule has 1 aliphatic rings. The molecule has 0 saturated heterocycles. The molecule has 0 aliphatic heterocycles. The SMILES string of the molecule is C/C(C#CC1=C[C@@H](O)[C@H](O[Si](C)(C)C(C)(C)C)C1(O)CC#CCBr)=C/CO. The standard InChI is InChI=1S/C21H31BrO4Si/c1-16(11-14-23)9-10-17-15-18(24)19(21(17,25)12-7-8-13-22)26-27(5,6)20(2,3)4/h11,15,18-19,23-25H,12-14H2,1-6H3/b16-11-/t18-,19+,21?/m1/s1. The van der Waals surface area contributed by atoms with E-state index in [1.807, 2.05) is 0 Å². The molecule has 3 N–H and O–H groups in total. The molecule has 0 saturated carbocycles. The van der Waals surface area contributed by atoms with Crippen LogP contribution in [0.1, 0.15) is 34.1 Å². The van der Waals surface area contributed by atoms with Gasteiger partial charge >= 0.3 is 0 Å². The van der Waals surface area contributed by atoms with Gasteiger partial charge in [0.2, 0.25) is 0 Å². The van der Waals surface area contributed by atoms with Crippen molar-refractivity contribution in [3.05, 3.63) is 23.3 Å². The molecule has 6 heteroatoms. The molecule has 0 fully saturated rings. The van der Waals surface area contributed by atoms with Crippen molar-refractivity contribution in [3.63, 3.8) is 0 Å². The van der Waals surface area contributed by atoms with E-state index in [2.05, 4.69) is 73.5 Å². The summed E-state index contributed by atoms with van der Waals surface area (Å²) >= 11 is 3.26. The quantitative estimate of drug-likeness (QED) is 0.346. The highest BCUT2D eigenvalue weighted by Crippen LogP contribution is 2.43. The lowest BCUT2D eigenvalue weighted by Gasteiger charge is -2.43. The van der Waals surface area contributed by atoms with Crippen LogP contribution in [0.2, 0.25) is 18.1 Å². The average Bonchev–Trinajstić information content (AvgIpc) is 2.77. The number of alkyl halides is 1. The van der Waals surface area contributed by atoms with Crippen molar-refractivity contribution in [2.45, 2.75) is 70.1 Å². The van der Waals surface area contributed by atoms with Crippen molar-refractivity contribution < 1.29 is 19.7 Å². The van der Waals surface area contributed by atoms with Crippen LogP contribution in [0.25, 0.3) is 0 Å². The van der Waals surface area contributed by atoms with Gasteiger partial charge < -0.3 is 19.7 Å². The van der Waals surface area contributed by atoms with Crippen molar-refractivity contribution in [2.24, 2.45) is 0 Å². The van der Waals surface area contributed by atoms with Gasteiger partial charge in [-0.05, 0) is 42.8 Å². The molecule has 1 aliphatic carbocycles. The van der Waals surface area contributed by atoms with Crippen LogP contribution in [-0.2, 0) is 4.43 Å². The van der Waals surface area contributed by atoms with Gasteiger partial charge in [0.05, 0.1) is 11.9 Å². The number of halogens is 1. The maximum Gasteiger partial charge on any atom is 0.192 e. The Morgan fingerprint density at radius 2 is 2.00 bits per heavy atom. The van der Waals surface area contributed by atoms with Gasteiger partial charge in [-0.1, -0.05) is 60.4 Å². The molecule has 0 radical (unpaired) electrons. The zero-order valence-corrected chi connectivity index (χ0v) is 19.6. The third-order valence-corrected chi connectivity index (χ3v) is 9.89. The van der Waals surface area contributed by atoms with E-state index >= 15 is 0 Å². The minimum Gasteiger partial charge on any atom is -0.408 e. The molecule has 0 heterocycles. The van der Waals surface area contributed by atoms with Crippen LogP contribution < -0.4 is 0 Å². The second-order valence-corrected chi connectivity index (χ2v) is 13.6. The Labute approximate surface area is 173 Å². The average molecular weight is 455 g/mol. The zero-order chi connectivity index (χ0) is 20.9. The van der Waals surface area contributed by atoms with Crippen LogP contribution in [0.4, 0.5) is 0 Å². The van der Waals surface area contributed by atoms with E-state index in [9.17, 15) is 10.2 Å². The number of aliphatic hydroxyl groups is 3. The Balaban J connectivity index is 3.30. The van der Waals surface area contributed by atoms with Crippen molar-refractivity contribution in [2.75, 3.05) is 11.9 Å². The van der Waals surface area contributed by atoms with Gasteiger partial charge in [-0.15, -0.1) is 0 Å². The van der Waals surface area contributed by atoms with Gasteiger partial charge in [0.15, 0.2) is 8.32 Å². The van der Waals surface area contributed by atoms with Gasteiger partial charge in [0.1, 0.15) is 17.8 Å². The van der Waals surface area contributed by atoms with Crippen molar-refractivity contribution in [3.8, 4) is 23.7 Å². The van der Waals surface area contributed by atoms with Crippen LogP contribution in [0, 0.1) is 23.7 Å². The summed E-state index contributed by atoms with van der Waals surface area (Å²) in [6, 6.07) is 0. The summed E-state index contributed by atoms with van der Waals surface area (Å²) in [6.07, 6.45) is 1.51. The van der Waals surface area contributed by atoms with Gasteiger partial charge in [-0.2, -0.15) is 0 Å². The topological polar surface area (TPSA) is 69.9 Å². The minimum absolute atomic E-state index is 0.0654. The maximum absolute atomic E-state index is 11.5. The van der Waals surface area contributed by atoms with E-state index in [0.29, 0.717) is 16.5 Å². The third-order valence-electron chi connectivity index (χ3n) is 5.15. The number of hydrogen-bond donors (Lipinski definition) is 3. The Hall–Kier alpha value is -0.863. The predicted octanol–water partition coefficient (Wildman–Crippen LogP) is 3.14. The maximum atomic E-state index is 11.5. The molecule has 1 rings (SSSR count).